The molecule has 0 aromatic heterocycles. The predicted molar refractivity (Wildman–Crippen MR) is 107 cm³/mol. The SMILES string of the molecule is CS(=O)(=O)Nc1ccc(C2=NN(S(C)(=O)=O)[C@H](c3ccc(Cl)c(F)c3)C2)cc1. The van der Waals surface area contributed by atoms with Crippen LogP contribution in [0.4, 0.5) is 10.1 Å². The van der Waals surface area contributed by atoms with E-state index in [1.807, 2.05) is 0 Å². The molecule has 150 valence electrons. The summed E-state index contributed by atoms with van der Waals surface area (Å²) in [6.45, 7) is 0. The van der Waals surface area contributed by atoms with Gasteiger partial charge in [-0.3, -0.25) is 4.72 Å². The molecule has 1 atom stereocenters. The Kier molecular flexibility index (Phi) is 5.39. The fourth-order valence-electron chi connectivity index (χ4n) is 2.88. The Labute approximate surface area is 167 Å². The van der Waals surface area contributed by atoms with E-state index in [4.69, 9.17) is 11.6 Å². The van der Waals surface area contributed by atoms with Gasteiger partial charge >= 0.3 is 0 Å². The standard InChI is InChI=1S/C17H17ClFN3O4S2/c1-27(23,24)21-13-6-3-11(4-7-13)16-10-17(22(20-16)28(2,25)26)12-5-8-14(18)15(19)9-12/h3-9,17,21H,10H2,1-2H3/t17-/m0/s1. The van der Waals surface area contributed by atoms with Crippen LogP contribution in [0.5, 0.6) is 0 Å². The zero-order valence-electron chi connectivity index (χ0n) is 14.9. The minimum Gasteiger partial charge on any atom is -0.284 e. The smallest absolute Gasteiger partial charge is 0.247 e. The van der Waals surface area contributed by atoms with Gasteiger partial charge in [-0.25, -0.2) is 21.2 Å². The number of benzene rings is 2. The highest BCUT2D eigenvalue weighted by Gasteiger charge is 2.34. The van der Waals surface area contributed by atoms with E-state index in [2.05, 4.69) is 9.82 Å². The maximum Gasteiger partial charge on any atom is 0.247 e. The Balaban J connectivity index is 1.93. The first-order chi connectivity index (χ1) is 12.9. The lowest BCUT2D eigenvalue weighted by atomic mass is 9.99. The quantitative estimate of drug-likeness (QED) is 0.765. The van der Waals surface area contributed by atoms with E-state index in [9.17, 15) is 21.2 Å². The molecule has 3 rings (SSSR count). The van der Waals surface area contributed by atoms with Gasteiger partial charge in [0.05, 0.1) is 29.3 Å². The number of hydrogen-bond donors (Lipinski definition) is 1. The van der Waals surface area contributed by atoms with Crippen LogP contribution in [0.2, 0.25) is 5.02 Å². The van der Waals surface area contributed by atoms with Crippen molar-refractivity contribution in [2.24, 2.45) is 5.10 Å². The van der Waals surface area contributed by atoms with E-state index in [-0.39, 0.29) is 11.4 Å². The first-order valence-corrected chi connectivity index (χ1v) is 12.2. The number of nitrogens with one attached hydrogen (secondary N) is 1. The summed E-state index contributed by atoms with van der Waals surface area (Å²) in [6, 6.07) is 9.81. The van der Waals surface area contributed by atoms with Gasteiger partial charge in [0.1, 0.15) is 5.82 Å². The van der Waals surface area contributed by atoms with Crippen LogP contribution in [0.15, 0.2) is 47.6 Å². The van der Waals surface area contributed by atoms with E-state index >= 15 is 0 Å². The third-order valence-corrected chi connectivity index (χ3v) is 5.99. The minimum atomic E-state index is -3.70. The average Bonchev–Trinajstić information content (AvgIpc) is 3.02. The number of halogens is 2. The summed E-state index contributed by atoms with van der Waals surface area (Å²) in [4.78, 5) is 0. The number of hydrogen-bond acceptors (Lipinski definition) is 5. The topological polar surface area (TPSA) is 95.9 Å². The molecule has 1 aliphatic heterocycles. The lowest BCUT2D eigenvalue weighted by molar-refractivity contribution is 0.373. The van der Waals surface area contributed by atoms with Crippen LogP contribution in [0, 0.1) is 5.82 Å². The number of rotatable bonds is 5. The lowest BCUT2D eigenvalue weighted by Crippen LogP contribution is -2.26. The van der Waals surface area contributed by atoms with E-state index in [0.29, 0.717) is 22.5 Å². The van der Waals surface area contributed by atoms with Gasteiger partial charge < -0.3 is 0 Å². The normalized spacial score (nSPS) is 17.5. The molecule has 0 saturated carbocycles. The molecule has 11 heteroatoms. The van der Waals surface area contributed by atoms with Crippen LogP contribution in [0.1, 0.15) is 23.6 Å². The summed E-state index contributed by atoms with van der Waals surface area (Å²) in [6.07, 6.45) is 2.30. The summed E-state index contributed by atoms with van der Waals surface area (Å²) in [5, 5.41) is 4.16. The Morgan fingerprint density at radius 2 is 1.75 bits per heavy atom. The van der Waals surface area contributed by atoms with Gasteiger partial charge in [0.15, 0.2) is 0 Å². The highest BCUT2D eigenvalue weighted by Crippen LogP contribution is 2.35. The maximum absolute atomic E-state index is 13.9. The molecule has 0 radical (unpaired) electrons. The van der Waals surface area contributed by atoms with Crippen LogP contribution in [0.3, 0.4) is 0 Å². The number of hydrazone groups is 1. The van der Waals surface area contributed by atoms with Crippen molar-refractivity contribution in [1.82, 2.24) is 4.41 Å². The zero-order valence-corrected chi connectivity index (χ0v) is 17.3. The molecule has 0 unspecified atom stereocenters. The highest BCUT2D eigenvalue weighted by atomic mass is 35.5. The van der Waals surface area contributed by atoms with E-state index < -0.39 is 31.9 Å². The first-order valence-electron chi connectivity index (χ1n) is 8.04. The lowest BCUT2D eigenvalue weighted by Gasteiger charge is -2.21. The Hall–Kier alpha value is -2.17. The molecule has 2 aromatic carbocycles. The van der Waals surface area contributed by atoms with Crippen molar-refractivity contribution < 1.29 is 21.2 Å². The fourth-order valence-corrected chi connectivity index (χ4v) is 4.47. The van der Waals surface area contributed by atoms with Gasteiger partial charge in [0, 0.05) is 12.1 Å². The second-order valence-corrected chi connectivity index (χ2v) is 10.4. The van der Waals surface area contributed by atoms with Gasteiger partial charge in [-0.15, -0.1) is 0 Å². The van der Waals surface area contributed by atoms with Gasteiger partial charge in [0.2, 0.25) is 20.0 Å². The molecule has 0 fully saturated rings. The second-order valence-electron chi connectivity index (χ2n) is 6.43. The molecule has 1 aliphatic rings. The van der Waals surface area contributed by atoms with Crippen LogP contribution < -0.4 is 4.72 Å². The molecule has 1 heterocycles. The summed E-state index contributed by atoms with van der Waals surface area (Å²) < 4.78 is 64.1. The Bertz CT molecular complexity index is 1150. The van der Waals surface area contributed by atoms with Crippen molar-refractivity contribution in [3.05, 3.63) is 64.4 Å². The molecule has 0 saturated heterocycles. The molecule has 1 N–H and O–H groups in total. The average molecular weight is 446 g/mol. The third kappa shape index (κ3) is 4.62. The van der Waals surface area contributed by atoms with Gasteiger partial charge in [0.25, 0.3) is 0 Å². The van der Waals surface area contributed by atoms with E-state index in [0.717, 1.165) is 16.9 Å². The largest absolute Gasteiger partial charge is 0.284 e. The molecule has 28 heavy (non-hydrogen) atoms. The molecule has 0 bridgehead atoms. The van der Waals surface area contributed by atoms with Crippen molar-refractivity contribution in [3.63, 3.8) is 0 Å². The molecule has 0 amide bonds. The van der Waals surface area contributed by atoms with Gasteiger partial charge in [-0.1, -0.05) is 29.8 Å². The number of nitrogens with zero attached hydrogens (tertiary/aromatic N) is 2. The molecular formula is C17H17ClFN3O4S2. The van der Waals surface area contributed by atoms with Crippen molar-refractivity contribution in [2.75, 3.05) is 17.2 Å². The summed E-state index contributed by atoms with van der Waals surface area (Å²) >= 11 is 5.71. The van der Waals surface area contributed by atoms with Crippen LogP contribution >= 0.6 is 11.6 Å². The maximum atomic E-state index is 13.9. The monoisotopic (exact) mass is 445 g/mol. The summed E-state index contributed by atoms with van der Waals surface area (Å²) in [7, 11) is -7.10. The van der Waals surface area contributed by atoms with Gasteiger partial charge in [-0.2, -0.15) is 9.52 Å². The Morgan fingerprint density at radius 3 is 2.29 bits per heavy atom. The van der Waals surface area contributed by atoms with Crippen molar-refractivity contribution in [3.8, 4) is 0 Å². The highest BCUT2D eigenvalue weighted by molar-refractivity contribution is 7.92. The molecule has 7 nitrogen and oxygen atoms in total. The van der Waals surface area contributed by atoms with E-state index in [1.165, 1.54) is 12.1 Å². The third-order valence-electron chi connectivity index (χ3n) is 4.06. The molecule has 0 aliphatic carbocycles. The van der Waals surface area contributed by atoms with Crippen LogP contribution in [0.25, 0.3) is 0 Å². The van der Waals surface area contributed by atoms with Crippen LogP contribution in [-0.2, 0) is 20.0 Å². The van der Waals surface area contributed by atoms with Crippen molar-refractivity contribution >= 4 is 43.0 Å². The van der Waals surface area contributed by atoms with Crippen LogP contribution in [-0.4, -0.2) is 39.5 Å². The fraction of sp³-hybridized carbons (Fsp3) is 0.235. The first kappa shape index (κ1) is 20.6. The van der Waals surface area contributed by atoms with Gasteiger partial charge in [-0.05, 0) is 35.4 Å². The minimum absolute atomic E-state index is 0.0530. The van der Waals surface area contributed by atoms with Crippen molar-refractivity contribution in [1.29, 1.82) is 0 Å². The van der Waals surface area contributed by atoms with Crippen molar-refractivity contribution in [2.45, 2.75) is 12.5 Å². The predicted octanol–water partition coefficient (Wildman–Crippen LogP) is 2.96. The van der Waals surface area contributed by atoms with E-state index in [1.54, 1.807) is 30.3 Å². The molecular weight excluding hydrogens is 429 g/mol. The Morgan fingerprint density at radius 1 is 1.11 bits per heavy atom. The molecule has 2 aromatic rings. The number of sulfonamides is 2. The number of anilines is 1. The summed E-state index contributed by atoms with van der Waals surface area (Å²) in [5.74, 6) is -0.641. The summed E-state index contributed by atoms with van der Waals surface area (Å²) in [5.41, 5.74) is 1.92. The second kappa shape index (κ2) is 7.34. The molecule has 0 spiro atoms. The zero-order chi connectivity index (χ0) is 20.7.